The molecule has 0 saturated heterocycles. The molecule has 1 aliphatic heterocycles. The first kappa shape index (κ1) is 13.3. The number of ether oxygens (including phenoxy) is 2. The molecule has 3 rings (SSSR count). The summed E-state index contributed by atoms with van der Waals surface area (Å²) in [5.41, 5.74) is 0. The number of carboxylic acids is 1. The molecule has 0 bridgehead atoms. The molecule has 2 atom stereocenters. The van der Waals surface area contributed by atoms with Gasteiger partial charge in [0, 0.05) is 0 Å². The Morgan fingerprint density at radius 3 is 3.00 bits per heavy atom. The topological polar surface area (TPSA) is 99.4 Å². The summed E-state index contributed by atoms with van der Waals surface area (Å²) in [5.74, 6) is 0.255. The van der Waals surface area contributed by atoms with E-state index in [2.05, 4.69) is 15.5 Å². The lowest BCUT2D eigenvalue weighted by molar-refractivity contribution is -0.141. The second-order valence-electron chi connectivity index (χ2n) is 4.82. The Hall–Kier alpha value is -2.64. The van der Waals surface area contributed by atoms with E-state index in [9.17, 15) is 4.79 Å². The summed E-state index contributed by atoms with van der Waals surface area (Å²) in [5, 5.41) is 20.3. The van der Waals surface area contributed by atoms with E-state index in [0.717, 1.165) is 0 Å². The first-order chi connectivity index (χ1) is 10.1. The van der Waals surface area contributed by atoms with Gasteiger partial charge in [-0.2, -0.15) is 0 Å². The third kappa shape index (κ3) is 2.64. The van der Waals surface area contributed by atoms with Crippen molar-refractivity contribution in [2.45, 2.75) is 19.6 Å². The van der Waals surface area contributed by atoms with Crippen LogP contribution < -0.4 is 9.47 Å². The highest BCUT2D eigenvalue weighted by Gasteiger charge is 2.28. The van der Waals surface area contributed by atoms with Gasteiger partial charge in [0.05, 0.1) is 12.5 Å². The second kappa shape index (κ2) is 5.39. The molecule has 1 aliphatic rings. The molecule has 1 N–H and O–H groups in total. The van der Waals surface area contributed by atoms with E-state index in [1.165, 1.54) is 4.68 Å². The van der Waals surface area contributed by atoms with E-state index in [1.807, 2.05) is 18.2 Å². The normalized spacial score (nSPS) is 18.2. The van der Waals surface area contributed by atoms with E-state index in [-0.39, 0.29) is 13.2 Å². The van der Waals surface area contributed by atoms with E-state index in [0.29, 0.717) is 17.3 Å². The van der Waals surface area contributed by atoms with Crippen molar-refractivity contribution in [3.8, 4) is 11.5 Å². The minimum Gasteiger partial charge on any atom is -0.485 e. The van der Waals surface area contributed by atoms with Gasteiger partial charge in [-0.25, -0.2) is 4.68 Å². The number of rotatable bonds is 4. The number of para-hydroxylation sites is 2. The van der Waals surface area contributed by atoms with Gasteiger partial charge in [-0.3, -0.25) is 4.79 Å². The summed E-state index contributed by atoms with van der Waals surface area (Å²) < 4.78 is 12.9. The fourth-order valence-electron chi connectivity index (χ4n) is 2.06. The van der Waals surface area contributed by atoms with Gasteiger partial charge in [-0.05, 0) is 22.6 Å². The van der Waals surface area contributed by atoms with Gasteiger partial charge in [0.25, 0.3) is 0 Å². The third-order valence-corrected chi connectivity index (χ3v) is 3.22. The number of carbonyl (C=O) groups is 1. The minimum absolute atomic E-state index is 0.180. The fourth-order valence-corrected chi connectivity index (χ4v) is 2.06. The molecule has 0 aliphatic carbocycles. The SMILES string of the molecule is CC(Cn1nnnc1C1COc2ccccc2O1)C(=O)O. The molecular weight excluding hydrogens is 276 g/mol. The first-order valence-corrected chi connectivity index (χ1v) is 6.52. The summed E-state index contributed by atoms with van der Waals surface area (Å²) in [4.78, 5) is 10.9. The van der Waals surface area contributed by atoms with Crippen LogP contribution in [0.5, 0.6) is 11.5 Å². The largest absolute Gasteiger partial charge is 0.485 e. The van der Waals surface area contributed by atoms with E-state index in [1.54, 1.807) is 13.0 Å². The highest BCUT2D eigenvalue weighted by molar-refractivity contribution is 5.69. The van der Waals surface area contributed by atoms with Gasteiger partial charge in [-0.1, -0.05) is 19.1 Å². The number of aromatic nitrogens is 4. The van der Waals surface area contributed by atoms with Gasteiger partial charge < -0.3 is 14.6 Å². The Labute approximate surface area is 120 Å². The molecule has 1 aromatic heterocycles. The molecule has 0 amide bonds. The summed E-state index contributed by atoms with van der Waals surface area (Å²) in [6.07, 6.45) is -0.462. The predicted octanol–water partition coefficient (Wildman–Crippen LogP) is 0.906. The zero-order chi connectivity index (χ0) is 14.8. The van der Waals surface area contributed by atoms with Gasteiger partial charge in [0.15, 0.2) is 23.4 Å². The molecule has 2 heterocycles. The second-order valence-corrected chi connectivity index (χ2v) is 4.82. The van der Waals surface area contributed by atoms with Crippen molar-refractivity contribution in [3.63, 3.8) is 0 Å². The third-order valence-electron chi connectivity index (χ3n) is 3.22. The number of fused-ring (bicyclic) bond motifs is 1. The van der Waals surface area contributed by atoms with Crippen molar-refractivity contribution in [1.82, 2.24) is 20.2 Å². The Kier molecular flexibility index (Phi) is 3.43. The number of tetrazole rings is 1. The number of benzene rings is 1. The summed E-state index contributed by atoms with van der Waals surface area (Å²) in [6.45, 7) is 2.05. The Balaban J connectivity index is 1.80. The van der Waals surface area contributed by atoms with Crippen LogP contribution in [0.4, 0.5) is 0 Å². The molecule has 2 unspecified atom stereocenters. The maximum Gasteiger partial charge on any atom is 0.308 e. The molecule has 1 aromatic carbocycles. The first-order valence-electron chi connectivity index (χ1n) is 6.52. The van der Waals surface area contributed by atoms with Crippen molar-refractivity contribution in [2.24, 2.45) is 5.92 Å². The highest BCUT2D eigenvalue weighted by Crippen LogP contribution is 2.35. The van der Waals surface area contributed by atoms with Crippen LogP contribution in [-0.4, -0.2) is 37.9 Å². The van der Waals surface area contributed by atoms with Crippen LogP contribution in [0.15, 0.2) is 24.3 Å². The van der Waals surface area contributed by atoms with Crippen LogP contribution in [0.25, 0.3) is 0 Å². The molecule has 0 radical (unpaired) electrons. The Morgan fingerprint density at radius 2 is 2.24 bits per heavy atom. The number of nitrogens with zero attached hydrogens (tertiary/aromatic N) is 4. The maximum absolute atomic E-state index is 10.9. The predicted molar refractivity (Wildman–Crippen MR) is 69.9 cm³/mol. The van der Waals surface area contributed by atoms with Crippen molar-refractivity contribution in [1.29, 1.82) is 0 Å². The van der Waals surface area contributed by atoms with Crippen molar-refractivity contribution < 1.29 is 19.4 Å². The molecule has 0 spiro atoms. The number of aliphatic carboxylic acids is 1. The monoisotopic (exact) mass is 290 g/mol. The number of carboxylic acid groups (broad SMARTS) is 1. The van der Waals surface area contributed by atoms with Gasteiger partial charge in [-0.15, -0.1) is 5.10 Å². The Bertz CT molecular complexity index is 657. The summed E-state index contributed by atoms with van der Waals surface area (Å²) in [6, 6.07) is 7.33. The van der Waals surface area contributed by atoms with E-state index in [4.69, 9.17) is 14.6 Å². The van der Waals surface area contributed by atoms with Crippen LogP contribution in [0.1, 0.15) is 18.9 Å². The van der Waals surface area contributed by atoms with Crippen LogP contribution in [-0.2, 0) is 11.3 Å². The summed E-state index contributed by atoms with van der Waals surface area (Å²) in [7, 11) is 0. The number of hydrogen-bond donors (Lipinski definition) is 1. The molecule has 21 heavy (non-hydrogen) atoms. The quantitative estimate of drug-likeness (QED) is 0.893. The lowest BCUT2D eigenvalue weighted by atomic mass is 10.2. The number of hydrogen-bond acceptors (Lipinski definition) is 6. The van der Waals surface area contributed by atoms with Crippen molar-refractivity contribution in [3.05, 3.63) is 30.1 Å². The smallest absolute Gasteiger partial charge is 0.308 e. The molecule has 0 saturated carbocycles. The van der Waals surface area contributed by atoms with Crippen molar-refractivity contribution in [2.75, 3.05) is 6.61 Å². The Morgan fingerprint density at radius 1 is 1.48 bits per heavy atom. The lowest BCUT2D eigenvalue weighted by Gasteiger charge is -2.25. The van der Waals surface area contributed by atoms with Crippen molar-refractivity contribution >= 4 is 5.97 Å². The summed E-state index contributed by atoms with van der Waals surface area (Å²) >= 11 is 0. The van der Waals surface area contributed by atoms with Gasteiger partial charge >= 0.3 is 5.97 Å². The minimum atomic E-state index is -0.900. The molecule has 8 heteroatoms. The van der Waals surface area contributed by atoms with Crippen LogP contribution in [0.2, 0.25) is 0 Å². The standard InChI is InChI=1S/C13H14N4O4/c1-8(13(18)19)6-17-12(14-15-16-17)11-7-20-9-4-2-3-5-10(9)21-11/h2-5,8,11H,6-7H2,1H3,(H,18,19). The molecule has 8 nitrogen and oxygen atoms in total. The fraction of sp³-hybridized carbons (Fsp3) is 0.385. The van der Waals surface area contributed by atoms with E-state index >= 15 is 0 Å². The molecular formula is C13H14N4O4. The average Bonchev–Trinajstić information content (AvgIpc) is 2.94. The van der Waals surface area contributed by atoms with Crippen LogP contribution >= 0.6 is 0 Å². The van der Waals surface area contributed by atoms with Crippen LogP contribution in [0, 0.1) is 5.92 Å². The molecule has 2 aromatic rings. The molecule has 110 valence electrons. The zero-order valence-corrected chi connectivity index (χ0v) is 11.3. The van der Waals surface area contributed by atoms with Crippen LogP contribution in [0.3, 0.4) is 0 Å². The average molecular weight is 290 g/mol. The molecule has 0 fully saturated rings. The highest BCUT2D eigenvalue weighted by atomic mass is 16.6. The maximum atomic E-state index is 10.9. The van der Waals surface area contributed by atoms with Gasteiger partial charge in [0.1, 0.15) is 6.61 Å². The lowest BCUT2D eigenvalue weighted by Crippen LogP contribution is -2.27. The van der Waals surface area contributed by atoms with E-state index < -0.39 is 18.0 Å². The van der Waals surface area contributed by atoms with Gasteiger partial charge in [0.2, 0.25) is 0 Å². The zero-order valence-electron chi connectivity index (χ0n) is 11.3.